The molecule has 0 atom stereocenters. The molecule has 0 aliphatic heterocycles. The molecule has 0 aliphatic carbocycles. The molecule has 0 aromatic carbocycles. The van der Waals surface area contributed by atoms with Gasteiger partial charge in [-0.2, -0.15) is 0 Å². The van der Waals surface area contributed by atoms with Gasteiger partial charge in [0.25, 0.3) is 0 Å². The van der Waals surface area contributed by atoms with Crippen LogP contribution in [0.4, 0.5) is 0 Å². The van der Waals surface area contributed by atoms with Gasteiger partial charge in [0.15, 0.2) is 0 Å². The maximum atomic E-state index is 4.51. The summed E-state index contributed by atoms with van der Waals surface area (Å²) in [4.78, 5) is 0. The van der Waals surface area contributed by atoms with E-state index >= 15 is 0 Å². The third-order valence-corrected chi connectivity index (χ3v) is 0.272. The van der Waals surface area contributed by atoms with Crippen molar-refractivity contribution in [1.82, 2.24) is 0 Å². The Morgan fingerprint density at radius 2 is 2.40 bits per heavy atom. The molecule has 0 saturated heterocycles. The van der Waals surface area contributed by atoms with Gasteiger partial charge in [-0.25, -0.2) is 0 Å². The van der Waals surface area contributed by atoms with Gasteiger partial charge in [-0.1, -0.05) is 0 Å². The van der Waals surface area contributed by atoms with Gasteiger partial charge in [-0.05, 0) is 0 Å². The predicted molar refractivity (Wildman–Crippen MR) is 27.1 cm³/mol. The molecular weight excluding hydrogens is 60.4 g/mol. The summed E-state index contributed by atoms with van der Waals surface area (Å²) in [6, 6.07) is 0. The summed E-state index contributed by atoms with van der Waals surface area (Å²) in [6.07, 6.45) is 0. The SMILES string of the molecule is BB=BOC. The standard InChI is InChI=1S/CH5B3O/c1-5-4-3-2/h2H2,1H3. The summed E-state index contributed by atoms with van der Waals surface area (Å²) in [5.74, 6) is 0. The van der Waals surface area contributed by atoms with Gasteiger partial charge in [0, 0.05) is 0 Å². The zero-order valence-electron chi connectivity index (χ0n) is 3.56. The first-order chi connectivity index (χ1) is 2.41. The molecule has 5 heavy (non-hydrogen) atoms. The first-order valence-corrected chi connectivity index (χ1v) is 1.55. The van der Waals surface area contributed by atoms with Crippen molar-refractivity contribution < 1.29 is 4.65 Å². The Labute approximate surface area is 34.2 Å². The Morgan fingerprint density at radius 3 is 2.40 bits per heavy atom. The van der Waals surface area contributed by atoms with E-state index in [9.17, 15) is 0 Å². The molecule has 0 heterocycles. The average Bonchev–Trinajstić information content (AvgIpc) is 1.41. The zero-order valence-corrected chi connectivity index (χ0v) is 3.56. The van der Waals surface area contributed by atoms with Gasteiger partial charge >= 0.3 is 33.2 Å². The first-order valence-electron chi connectivity index (χ1n) is 1.55. The first kappa shape index (κ1) is 4.99. The molecule has 24 valence electrons. The Kier molecular flexibility index (Phi) is 3.99. The van der Waals surface area contributed by atoms with Crippen LogP contribution in [0.15, 0.2) is 0 Å². The van der Waals surface area contributed by atoms with Crippen molar-refractivity contribution in [3.05, 3.63) is 0 Å². The molecule has 0 fully saturated rings. The van der Waals surface area contributed by atoms with Crippen molar-refractivity contribution in [3.63, 3.8) is 0 Å². The van der Waals surface area contributed by atoms with E-state index in [2.05, 4.69) is 4.65 Å². The summed E-state index contributed by atoms with van der Waals surface area (Å²) in [7, 11) is 5.16. The quantitative estimate of drug-likeness (QED) is 0.335. The Morgan fingerprint density at radius 1 is 1.80 bits per heavy atom. The normalized spacial score (nSPS) is 5.80. The molecule has 0 aliphatic rings. The van der Waals surface area contributed by atoms with Crippen molar-refractivity contribution in [2.75, 3.05) is 7.11 Å². The van der Waals surface area contributed by atoms with Crippen molar-refractivity contribution in [3.8, 4) is 0 Å². The minimum atomic E-state index is 1.62. The summed E-state index contributed by atoms with van der Waals surface area (Å²) >= 11 is 0. The predicted octanol–water partition coefficient (Wildman–Crippen LogP) is -1.58. The van der Waals surface area contributed by atoms with E-state index in [4.69, 9.17) is 0 Å². The molecule has 0 amide bonds. The molecule has 0 radical (unpaired) electrons. The molecular formula is CH5B3O. The second-order valence-corrected chi connectivity index (χ2v) is 0.705. The van der Waals surface area contributed by atoms with Gasteiger partial charge < -0.3 is 0 Å². The van der Waals surface area contributed by atoms with Crippen molar-refractivity contribution in [2.45, 2.75) is 0 Å². The fourth-order valence-corrected chi connectivity index (χ4v) is 0.136. The van der Waals surface area contributed by atoms with E-state index < -0.39 is 0 Å². The molecule has 1 nitrogen and oxygen atoms in total. The minimum absolute atomic E-state index is 1.62. The van der Waals surface area contributed by atoms with E-state index in [1.165, 1.54) is 0 Å². The molecule has 0 N–H and O–H groups in total. The number of hydrogen-bond donors (Lipinski definition) is 0. The Bertz CT molecular complexity index is 33.9. The zero-order chi connectivity index (χ0) is 4.12. The maximum absolute atomic E-state index is 4.51. The van der Waals surface area contributed by atoms with E-state index in [0.29, 0.717) is 0 Å². The molecule has 4 heteroatoms. The van der Waals surface area contributed by atoms with Crippen molar-refractivity contribution >= 4 is 21.4 Å². The van der Waals surface area contributed by atoms with Crippen LogP contribution in [0.2, 0.25) is 0 Å². The number of hydrogen-bond acceptors (Lipinski definition) is 1. The van der Waals surface area contributed by atoms with Gasteiger partial charge in [-0.3, -0.25) is 0 Å². The van der Waals surface area contributed by atoms with Crippen LogP contribution in [0.3, 0.4) is 0 Å². The van der Waals surface area contributed by atoms with Crippen LogP contribution < -0.4 is 0 Å². The van der Waals surface area contributed by atoms with Crippen molar-refractivity contribution in [1.29, 1.82) is 0 Å². The molecule has 0 saturated carbocycles. The fourth-order valence-electron chi connectivity index (χ4n) is 0.136. The van der Waals surface area contributed by atoms with E-state index in [0.717, 1.165) is 0 Å². The monoisotopic (exact) mass is 66.1 g/mol. The van der Waals surface area contributed by atoms with E-state index in [1.807, 2.05) is 14.4 Å². The summed E-state index contributed by atoms with van der Waals surface area (Å²) < 4.78 is 4.51. The Hall–Kier alpha value is -0.00519. The molecule has 0 aromatic rings. The summed E-state index contributed by atoms with van der Waals surface area (Å²) in [5.41, 5.74) is 0. The third-order valence-electron chi connectivity index (χ3n) is 0.272. The van der Waals surface area contributed by atoms with Gasteiger partial charge in [0.2, 0.25) is 0 Å². The van der Waals surface area contributed by atoms with E-state index in [-0.39, 0.29) is 0 Å². The van der Waals surface area contributed by atoms with Gasteiger partial charge in [0.1, 0.15) is 0 Å². The fraction of sp³-hybridized carbons (Fsp3) is 1.00. The molecule has 0 aromatic heterocycles. The second-order valence-electron chi connectivity index (χ2n) is 0.705. The summed E-state index contributed by atoms with van der Waals surface area (Å²) in [6.45, 7) is 1.83. The molecule has 0 unspecified atom stereocenters. The van der Waals surface area contributed by atoms with Crippen LogP contribution >= 0.6 is 0 Å². The van der Waals surface area contributed by atoms with Crippen LogP contribution in [0.25, 0.3) is 0 Å². The van der Waals surface area contributed by atoms with Crippen LogP contribution in [-0.4, -0.2) is 28.5 Å². The van der Waals surface area contributed by atoms with Gasteiger partial charge in [0.05, 0.1) is 0 Å². The third kappa shape index (κ3) is 3.99. The van der Waals surface area contributed by atoms with E-state index in [1.54, 1.807) is 14.1 Å². The van der Waals surface area contributed by atoms with Crippen LogP contribution in [0.1, 0.15) is 0 Å². The average molecular weight is 65.5 g/mol. The molecule has 0 spiro atoms. The van der Waals surface area contributed by atoms with Crippen LogP contribution in [-0.2, 0) is 4.65 Å². The summed E-state index contributed by atoms with van der Waals surface area (Å²) in [5, 5.41) is 0. The van der Waals surface area contributed by atoms with Crippen LogP contribution in [0.5, 0.6) is 0 Å². The topological polar surface area (TPSA) is 9.23 Å². The Balaban J connectivity index is 2.62. The van der Waals surface area contributed by atoms with Crippen LogP contribution in [0, 0.1) is 0 Å². The molecule has 0 bridgehead atoms. The van der Waals surface area contributed by atoms with Gasteiger partial charge in [-0.15, -0.1) is 0 Å². The second kappa shape index (κ2) is 3.99. The van der Waals surface area contributed by atoms with Crippen molar-refractivity contribution in [2.24, 2.45) is 0 Å². The number of rotatable bonds is 1. The molecule has 0 rings (SSSR count).